The van der Waals surface area contributed by atoms with Crippen LogP contribution in [0.5, 0.6) is 0 Å². The maximum atomic E-state index is 9.07. The molecule has 9 heavy (non-hydrogen) atoms. The number of hydrogen-bond donors (Lipinski definition) is 1. The monoisotopic (exact) mass is 258 g/mol. The van der Waals surface area contributed by atoms with Crippen LogP contribution in [0.1, 0.15) is 12.8 Å². The molecule has 1 aliphatic carbocycles. The first kappa shape index (κ1) is 7.66. The normalized spacial score (nSPS) is 36.0. The third-order valence-electron chi connectivity index (χ3n) is 1.40. The molecule has 0 spiro atoms. The van der Waals surface area contributed by atoms with Crippen molar-refractivity contribution in [1.29, 1.82) is 0 Å². The zero-order chi connectivity index (χ0) is 6.85. The van der Waals surface area contributed by atoms with Crippen molar-refractivity contribution >= 4 is 34.2 Å². The Balaban J connectivity index is 2.62. The molecule has 0 aromatic rings. The molecule has 2 atom stereocenters. The molecule has 1 nitrogen and oxygen atoms in total. The predicted octanol–water partition coefficient (Wildman–Crippen LogP) is 2.63. The highest BCUT2D eigenvalue weighted by Crippen LogP contribution is 2.27. The van der Waals surface area contributed by atoms with Crippen LogP contribution in [0.3, 0.4) is 0 Å². The van der Waals surface area contributed by atoms with E-state index in [1.54, 1.807) is 6.08 Å². The van der Waals surface area contributed by atoms with E-state index in [4.69, 9.17) is 16.7 Å². The fraction of sp³-hybridized carbons (Fsp3) is 0.667. The van der Waals surface area contributed by atoms with Crippen molar-refractivity contribution in [3.05, 3.63) is 11.8 Å². The lowest BCUT2D eigenvalue weighted by Crippen LogP contribution is -2.20. The van der Waals surface area contributed by atoms with Gasteiger partial charge in [-0.15, -0.1) is 11.6 Å². The summed E-state index contributed by atoms with van der Waals surface area (Å²) in [4.78, 5) is 0. The first-order valence-electron chi connectivity index (χ1n) is 2.89. The molecule has 0 aromatic carbocycles. The molecule has 0 saturated carbocycles. The lowest BCUT2D eigenvalue weighted by atomic mass is 10.1. The van der Waals surface area contributed by atoms with Crippen molar-refractivity contribution < 1.29 is 5.11 Å². The van der Waals surface area contributed by atoms with Gasteiger partial charge in [0.25, 0.3) is 0 Å². The zero-order valence-corrected chi connectivity index (χ0v) is 7.76. The molecule has 1 N–H and O–H groups in total. The van der Waals surface area contributed by atoms with Crippen molar-refractivity contribution in [2.24, 2.45) is 0 Å². The van der Waals surface area contributed by atoms with E-state index in [2.05, 4.69) is 22.6 Å². The first-order valence-corrected chi connectivity index (χ1v) is 4.57. The van der Waals surface area contributed by atoms with Gasteiger partial charge in [-0.05, 0) is 18.9 Å². The highest BCUT2D eigenvalue weighted by Gasteiger charge is 2.22. The fourth-order valence-corrected chi connectivity index (χ4v) is 1.78. The van der Waals surface area contributed by atoms with Crippen LogP contribution < -0.4 is 0 Å². The number of hydrogen-bond acceptors (Lipinski definition) is 1. The smallest absolute Gasteiger partial charge is 0.107 e. The molecule has 1 rings (SSSR count). The third kappa shape index (κ3) is 1.74. The minimum atomic E-state index is -0.153. The molecule has 2 unspecified atom stereocenters. The quantitative estimate of drug-likeness (QED) is 0.523. The number of alkyl halides is 2. The Kier molecular flexibility index (Phi) is 2.64. The van der Waals surface area contributed by atoms with Crippen molar-refractivity contribution in [2.75, 3.05) is 0 Å². The van der Waals surface area contributed by atoms with Crippen LogP contribution in [-0.2, 0) is 0 Å². The van der Waals surface area contributed by atoms with E-state index in [1.807, 2.05) is 0 Å². The highest BCUT2D eigenvalue weighted by atomic mass is 127. The van der Waals surface area contributed by atoms with Crippen LogP contribution in [-0.4, -0.2) is 14.4 Å². The minimum Gasteiger partial charge on any atom is -0.511 e. The zero-order valence-electron chi connectivity index (χ0n) is 4.85. The van der Waals surface area contributed by atoms with E-state index in [9.17, 15) is 0 Å². The number of aliphatic hydroxyl groups excluding tert-OH is 1. The molecule has 1 aliphatic rings. The molecule has 3 heteroatoms. The highest BCUT2D eigenvalue weighted by molar-refractivity contribution is 14.1. The van der Waals surface area contributed by atoms with Gasteiger partial charge in [-0.25, -0.2) is 0 Å². The van der Waals surface area contributed by atoms with E-state index in [0.29, 0.717) is 9.68 Å². The predicted molar refractivity (Wildman–Crippen MR) is 47.4 cm³/mol. The average molecular weight is 258 g/mol. The van der Waals surface area contributed by atoms with Gasteiger partial charge in [0.1, 0.15) is 11.1 Å². The van der Waals surface area contributed by atoms with Gasteiger partial charge in [0.05, 0.1) is 0 Å². The number of allylic oxidation sites excluding steroid dienone is 2. The lowest BCUT2D eigenvalue weighted by Gasteiger charge is -2.19. The van der Waals surface area contributed by atoms with E-state index < -0.39 is 0 Å². The van der Waals surface area contributed by atoms with E-state index in [-0.39, 0.29) is 5.38 Å². The summed E-state index contributed by atoms with van der Waals surface area (Å²) in [7, 11) is 0. The van der Waals surface area contributed by atoms with Gasteiger partial charge < -0.3 is 5.11 Å². The summed E-state index contributed by atoms with van der Waals surface area (Å²) in [5.41, 5.74) is 0. The molecule has 0 fully saturated rings. The molecule has 0 aliphatic heterocycles. The summed E-state index contributed by atoms with van der Waals surface area (Å²) in [6.07, 6.45) is 3.84. The second kappa shape index (κ2) is 3.10. The molecule has 0 saturated heterocycles. The van der Waals surface area contributed by atoms with Gasteiger partial charge in [0.15, 0.2) is 0 Å². The molecule has 0 bridgehead atoms. The van der Waals surface area contributed by atoms with Crippen molar-refractivity contribution in [2.45, 2.75) is 22.1 Å². The van der Waals surface area contributed by atoms with Crippen LogP contribution in [0.15, 0.2) is 11.8 Å². The Morgan fingerprint density at radius 1 is 1.78 bits per heavy atom. The molecule has 0 amide bonds. The Hall–Kier alpha value is 0.560. The molecule has 0 radical (unpaired) electrons. The van der Waals surface area contributed by atoms with Gasteiger partial charge in [-0.3, -0.25) is 0 Å². The Morgan fingerprint density at radius 3 is 2.89 bits per heavy atom. The molecule has 0 heterocycles. The Bertz CT molecular complexity index is 135. The first-order chi connectivity index (χ1) is 4.22. The molecular formula is C6H8ClIO. The van der Waals surface area contributed by atoms with Crippen LogP contribution in [0.4, 0.5) is 0 Å². The van der Waals surface area contributed by atoms with Crippen LogP contribution in [0.2, 0.25) is 0 Å². The largest absolute Gasteiger partial charge is 0.511 e. The summed E-state index contributed by atoms with van der Waals surface area (Å²) in [6, 6.07) is 0. The minimum absolute atomic E-state index is 0.153. The van der Waals surface area contributed by atoms with Crippen molar-refractivity contribution in [1.82, 2.24) is 0 Å². The van der Waals surface area contributed by atoms with Gasteiger partial charge in [0.2, 0.25) is 0 Å². The summed E-state index contributed by atoms with van der Waals surface area (Å²) in [5.74, 6) is 0.349. The van der Waals surface area contributed by atoms with Crippen molar-refractivity contribution in [3.63, 3.8) is 0 Å². The maximum absolute atomic E-state index is 9.07. The van der Waals surface area contributed by atoms with E-state index in [0.717, 1.165) is 12.8 Å². The summed E-state index contributed by atoms with van der Waals surface area (Å²) >= 11 is 8.06. The second-order valence-electron chi connectivity index (χ2n) is 2.12. The number of aliphatic hydroxyl groups is 1. The van der Waals surface area contributed by atoms with Gasteiger partial charge in [-0.2, -0.15) is 0 Å². The summed E-state index contributed by atoms with van der Waals surface area (Å²) in [5, 5.41) is 8.92. The number of rotatable bonds is 0. The Labute approximate surface area is 73.2 Å². The van der Waals surface area contributed by atoms with Gasteiger partial charge >= 0.3 is 0 Å². The summed E-state index contributed by atoms with van der Waals surface area (Å²) in [6.45, 7) is 0. The van der Waals surface area contributed by atoms with Crippen LogP contribution in [0, 0.1) is 0 Å². The summed E-state index contributed by atoms with van der Waals surface area (Å²) < 4.78 is 0.397. The van der Waals surface area contributed by atoms with Crippen LogP contribution in [0.25, 0.3) is 0 Å². The van der Waals surface area contributed by atoms with E-state index in [1.165, 1.54) is 0 Å². The average Bonchev–Trinajstić information content (AvgIpc) is 1.83. The molecular weight excluding hydrogens is 250 g/mol. The van der Waals surface area contributed by atoms with Gasteiger partial charge in [-0.1, -0.05) is 22.6 Å². The van der Waals surface area contributed by atoms with Crippen LogP contribution >= 0.6 is 34.2 Å². The van der Waals surface area contributed by atoms with Gasteiger partial charge in [0, 0.05) is 3.92 Å². The molecule has 52 valence electrons. The lowest BCUT2D eigenvalue weighted by molar-refractivity contribution is 0.377. The standard InChI is InChI=1S/C6H8ClIO/c7-6-4(8)2-1-3-5(6)9/h3-4,6,9H,1-2H2. The topological polar surface area (TPSA) is 20.2 Å². The Morgan fingerprint density at radius 2 is 2.44 bits per heavy atom. The fourth-order valence-electron chi connectivity index (χ4n) is 0.835. The van der Waals surface area contributed by atoms with Crippen molar-refractivity contribution in [3.8, 4) is 0 Å². The second-order valence-corrected chi connectivity index (χ2v) is 4.19. The number of halogens is 2. The third-order valence-corrected chi connectivity index (χ3v) is 3.69. The maximum Gasteiger partial charge on any atom is 0.107 e. The SMILES string of the molecule is OC1=CCCC(I)C1Cl. The molecule has 0 aromatic heterocycles. The van der Waals surface area contributed by atoms with E-state index >= 15 is 0 Å².